The first kappa shape index (κ1) is 20.4. The van der Waals surface area contributed by atoms with Crippen LogP contribution in [0.15, 0.2) is 73.1 Å². The number of amides is 1. The maximum atomic E-state index is 13.0. The number of hydrogen-bond donors (Lipinski definition) is 1. The third-order valence-electron chi connectivity index (χ3n) is 5.75. The number of nitrogens with one attached hydrogen (secondary N) is 1. The summed E-state index contributed by atoms with van der Waals surface area (Å²) in [6.07, 6.45) is 8.86. The highest BCUT2D eigenvalue weighted by atomic mass is 16.2. The van der Waals surface area contributed by atoms with Crippen LogP contribution in [0.25, 0.3) is 0 Å². The maximum absolute atomic E-state index is 13.0. The van der Waals surface area contributed by atoms with E-state index in [1.54, 1.807) is 10.9 Å². The Balaban J connectivity index is 1.36. The van der Waals surface area contributed by atoms with Gasteiger partial charge in [0.05, 0.1) is 0 Å². The number of aromatic nitrogens is 2. The van der Waals surface area contributed by atoms with E-state index in [0.717, 1.165) is 17.7 Å². The smallest absolute Gasteiger partial charge is 0.249 e. The van der Waals surface area contributed by atoms with Crippen LogP contribution < -0.4 is 5.32 Å². The molecule has 1 aromatic heterocycles. The zero-order valence-electron chi connectivity index (χ0n) is 17.4. The molecule has 0 radical (unpaired) electrons. The van der Waals surface area contributed by atoms with Crippen molar-refractivity contribution in [3.63, 3.8) is 0 Å². The normalized spacial score (nSPS) is 16.0. The molecule has 0 spiro atoms. The number of likely N-dealkylation sites (tertiary alicyclic amines) is 1. The lowest BCUT2D eigenvalue weighted by atomic mass is 10.1. The highest BCUT2D eigenvalue weighted by Crippen LogP contribution is 2.18. The van der Waals surface area contributed by atoms with E-state index in [9.17, 15) is 4.79 Å². The maximum Gasteiger partial charge on any atom is 0.249 e. The Labute approximate surface area is 178 Å². The number of carbonyl (C=O) groups is 1. The molecule has 3 aromatic rings. The average molecular weight is 403 g/mol. The molecule has 1 aliphatic heterocycles. The van der Waals surface area contributed by atoms with Crippen LogP contribution >= 0.6 is 0 Å². The fourth-order valence-corrected chi connectivity index (χ4v) is 4.09. The summed E-state index contributed by atoms with van der Waals surface area (Å²) in [6, 6.07) is 19.8. The van der Waals surface area contributed by atoms with Crippen molar-refractivity contribution in [3.05, 3.63) is 89.7 Å². The van der Waals surface area contributed by atoms with Gasteiger partial charge in [0.15, 0.2) is 6.04 Å². The van der Waals surface area contributed by atoms with Gasteiger partial charge in [-0.15, -0.1) is 0 Å². The minimum absolute atomic E-state index is 0.0569. The van der Waals surface area contributed by atoms with Crippen molar-refractivity contribution in [2.24, 2.45) is 0 Å². The number of hydrogen-bond acceptors (Lipinski definition) is 3. The average Bonchev–Trinajstić information content (AvgIpc) is 3.18. The van der Waals surface area contributed by atoms with Gasteiger partial charge < -0.3 is 5.32 Å². The topological polar surface area (TPSA) is 50.2 Å². The molecular weight excluding hydrogens is 372 g/mol. The van der Waals surface area contributed by atoms with Gasteiger partial charge >= 0.3 is 0 Å². The highest BCUT2D eigenvalue weighted by molar-refractivity contribution is 5.83. The summed E-state index contributed by atoms with van der Waals surface area (Å²) < 4.78 is 1.70. The summed E-state index contributed by atoms with van der Waals surface area (Å²) in [5, 5.41) is 7.38. The lowest BCUT2D eigenvalue weighted by Crippen LogP contribution is -2.33. The SMILES string of the molecule is O=C(NCc1ccc(CN2CCCCCC2)cc1)C(c1ccccc1)n1cccn1. The number of nitrogens with zero attached hydrogens (tertiary/aromatic N) is 3. The molecule has 0 saturated carbocycles. The first-order chi connectivity index (χ1) is 14.8. The number of rotatable bonds is 7. The minimum Gasteiger partial charge on any atom is -0.350 e. The summed E-state index contributed by atoms with van der Waals surface area (Å²) in [5.41, 5.74) is 3.37. The third kappa shape index (κ3) is 5.36. The first-order valence-electron chi connectivity index (χ1n) is 10.9. The van der Waals surface area contributed by atoms with Crippen LogP contribution in [0, 0.1) is 0 Å². The fourth-order valence-electron chi connectivity index (χ4n) is 4.09. The molecule has 1 fully saturated rings. The van der Waals surface area contributed by atoms with Gasteiger partial charge in [-0.25, -0.2) is 0 Å². The molecule has 2 aromatic carbocycles. The van der Waals surface area contributed by atoms with Crippen LogP contribution in [-0.4, -0.2) is 33.7 Å². The summed E-state index contributed by atoms with van der Waals surface area (Å²) in [5.74, 6) is -0.0569. The van der Waals surface area contributed by atoms with E-state index in [0.29, 0.717) is 6.54 Å². The molecule has 1 aliphatic rings. The summed E-state index contributed by atoms with van der Waals surface area (Å²) in [6.45, 7) is 3.92. The lowest BCUT2D eigenvalue weighted by Gasteiger charge is -2.20. The Morgan fingerprint density at radius 2 is 1.60 bits per heavy atom. The van der Waals surface area contributed by atoms with Crippen molar-refractivity contribution < 1.29 is 4.79 Å². The van der Waals surface area contributed by atoms with Gasteiger partial charge in [-0.05, 0) is 48.7 Å². The summed E-state index contributed by atoms with van der Waals surface area (Å²) in [4.78, 5) is 15.6. The molecule has 4 rings (SSSR count). The van der Waals surface area contributed by atoms with Crippen molar-refractivity contribution in [2.75, 3.05) is 13.1 Å². The molecule has 1 unspecified atom stereocenters. The van der Waals surface area contributed by atoms with Crippen LogP contribution in [0.2, 0.25) is 0 Å². The van der Waals surface area contributed by atoms with Gasteiger partial charge in [0.2, 0.25) is 5.91 Å². The second kappa shape index (κ2) is 10.2. The zero-order valence-corrected chi connectivity index (χ0v) is 17.4. The molecule has 2 heterocycles. The monoisotopic (exact) mass is 402 g/mol. The largest absolute Gasteiger partial charge is 0.350 e. The van der Waals surface area contributed by atoms with E-state index in [1.165, 1.54) is 44.3 Å². The van der Waals surface area contributed by atoms with Gasteiger partial charge in [-0.3, -0.25) is 14.4 Å². The van der Waals surface area contributed by atoms with E-state index in [4.69, 9.17) is 0 Å². The van der Waals surface area contributed by atoms with Crippen LogP contribution in [0.4, 0.5) is 0 Å². The van der Waals surface area contributed by atoms with Gasteiger partial charge in [-0.2, -0.15) is 5.10 Å². The van der Waals surface area contributed by atoms with Gasteiger partial charge in [0.1, 0.15) is 0 Å². The van der Waals surface area contributed by atoms with Gasteiger partial charge in [0, 0.05) is 25.5 Å². The molecule has 5 nitrogen and oxygen atoms in total. The summed E-state index contributed by atoms with van der Waals surface area (Å²) in [7, 11) is 0. The third-order valence-corrected chi connectivity index (χ3v) is 5.75. The van der Waals surface area contributed by atoms with Crippen LogP contribution in [0.3, 0.4) is 0 Å². The standard InChI is InChI=1S/C25H30N4O/c30-25(24(29-18-8-15-27-29)23-9-4-3-5-10-23)26-19-21-11-13-22(14-12-21)20-28-16-6-1-2-7-17-28/h3-5,8-15,18,24H,1-2,6-7,16-17,19-20H2,(H,26,30). The van der Waals surface area contributed by atoms with Crippen LogP contribution in [-0.2, 0) is 17.9 Å². The molecule has 1 amide bonds. The quantitative estimate of drug-likeness (QED) is 0.645. The number of carbonyl (C=O) groups excluding carboxylic acids is 1. The van der Waals surface area contributed by atoms with Crippen LogP contribution in [0.5, 0.6) is 0 Å². The Morgan fingerprint density at radius 1 is 0.900 bits per heavy atom. The Kier molecular flexibility index (Phi) is 6.93. The van der Waals surface area contributed by atoms with Crippen molar-refractivity contribution in [1.82, 2.24) is 20.0 Å². The van der Waals surface area contributed by atoms with Crippen molar-refractivity contribution >= 4 is 5.91 Å². The summed E-state index contributed by atoms with van der Waals surface area (Å²) >= 11 is 0. The molecule has 5 heteroatoms. The van der Waals surface area contributed by atoms with E-state index >= 15 is 0 Å². The minimum atomic E-state index is -0.469. The molecule has 1 saturated heterocycles. The van der Waals surface area contributed by atoms with E-state index < -0.39 is 6.04 Å². The Hall–Kier alpha value is -2.92. The molecule has 30 heavy (non-hydrogen) atoms. The van der Waals surface area contributed by atoms with Gasteiger partial charge in [0.25, 0.3) is 0 Å². The predicted octanol–water partition coefficient (Wildman–Crippen LogP) is 4.16. The van der Waals surface area contributed by atoms with Crippen molar-refractivity contribution in [2.45, 2.75) is 44.8 Å². The molecule has 0 bridgehead atoms. The van der Waals surface area contributed by atoms with Crippen molar-refractivity contribution in [1.29, 1.82) is 0 Å². The van der Waals surface area contributed by atoms with E-state index in [2.05, 4.69) is 39.6 Å². The Morgan fingerprint density at radius 3 is 2.27 bits per heavy atom. The zero-order chi connectivity index (χ0) is 20.6. The molecular formula is C25H30N4O. The predicted molar refractivity (Wildman–Crippen MR) is 119 cm³/mol. The molecule has 156 valence electrons. The van der Waals surface area contributed by atoms with E-state index in [1.807, 2.05) is 42.6 Å². The first-order valence-corrected chi connectivity index (χ1v) is 10.9. The second-order valence-corrected chi connectivity index (χ2v) is 8.02. The lowest BCUT2D eigenvalue weighted by molar-refractivity contribution is -0.123. The highest BCUT2D eigenvalue weighted by Gasteiger charge is 2.22. The molecule has 0 aliphatic carbocycles. The van der Waals surface area contributed by atoms with E-state index in [-0.39, 0.29) is 5.91 Å². The van der Waals surface area contributed by atoms with Crippen molar-refractivity contribution in [3.8, 4) is 0 Å². The molecule has 1 atom stereocenters. The van der Waals surface area contributed by atoms with Gasteiger partial charge in [-0.1, -0.05) is 67.4 Å². The number of benzene rings is 2. The van der Waals surface area contributed by atoms with Crippen LogP contribution in [0.1, 0.15) is 48.4 Å². The second-order valence-electron chi connectivity index (χ2n) is 8.02. The fraction of sp³-hybridized carbons (Fsp3) is 0.360. The Bertz CT molecular complexity index is 898. The molecule has 1 N–H and O–H groups in total.